The number of piperidine rings is 1. The highest BCUT2D eigenvalue weighted by Gasteiger charge is 2.33. The van der Waals surface area contributed by atoms with Gasteiger partial charge in [-0.1, -0.05) is 0 Å². The molecule has 3 heterocycles. The summed E-state index contributed by atoms with van der Waals surface area (Å²) >= 11 is 0. The fourth-order valence-electron chi connectivity index (χ4n) is 3.15. The number of likely N-dealkylation sites (tertiary alicyclic amines) is 1. The second-order valence-electron chi connectivity index (χ2n) is 5.85. The van der Waals surface area contributed by atoms with Crippen LogP contribution in [0.3, 0.4) is 0 Å². The summed E-state index contributed by atoms with van der Waals surface area (Å²) in [6, 6.07) is 3.77. The topological polar surface area (TPSA) is 51.7 Å². The SMILES string of the molecule is Cc1ccc(C(=O)N2CCCC(C3OCCO3)C2)c(C)n1. The maximum absolute atomic E-state index is 12.7. The number of pyridine rings is 1. The van der Waals surface area contributed by atoms with Crippen LogP contribution in [-0.2, 0) is 9.47 Å². The van der Waals surface area contributed by atoms with Crippen molar-refractivity contribution < 1.29 is 14.3 Å². The average molecular weight is 290 g/mol. The van der Waals surface area contributed by atoms with Gasteiger partial charge >= 0.3 is 0 Å². The van der Waals surface area contributed by atoms with Crippen molar-refractivity contribution >= 4 is 5.91 Å². The Morgan fingerprint density at radius 3 is 2.76 bits per heavy atom. The molecule has 1 amide bonds. The highest BCUT2D eigenvalue weighted by atomic mass is 16.7. The number of ether oxygens (including phenoxy) is 2. The number of hydrogen-bond acceptors (Lipinski definition) is 4. The van der Waals surface area contributed by atoms with Gasteiger partial charge in [0.15, 0.2) is 6.29 Å². The summed E-state index contributed by atoms with van der Waals surface area (Å²) in [5, 5.41) is 0. The molecule has 1 aromatic heterocycles. The minimum absolute atomic E-state index is 0.0719. The Kier molecular flexibility index (Phi) is 4.22. The van der Waals surface area contributed by atoms with E-state index in [2.05, 4.69) is 4.98 Å². The van der Waals surface area contributed by atoms with Crippen LogP contribution >= 0.6 is 0 Å². The zero-order valence-electron chi connectivity index (χ0n) is 12.7. The normalized spacial score (nSPS) is 23.5. The molecule has 0 N–H and O–H groups in total. The van der Waals surface area contributed by atoms with Crippen molar-refractivity contribution in [2.75, 3.05) is 26.3 Å². The van der Waals surface area contributed by atoms with Gasteiger partial charge in [0, 0.05) is 24.7 Å². The Morgan fingerprint density at radius 2 is 2.05 bits per heavy atom. The van der Waals surface area contributed by atoms with E-state index >= 15 is 0 Å². The third-order valence-electron chi connectivity index (χ3n) is 4.23. The molecule has 0 radical (unpaired) electrons. The van der Waals surface area contributed by atoms with Gasteiger partial charge in [-0.15, -0.1) is 0 Å². The summed E-state index contributed by atoms with van der Waals surface area (Å²) in [6.45, 7) is 6.66. The van der Waals surface area contributed by atoms with Crippen molar-refractivity contribution in [2.45, 2.75) is 33.0 Å². The van der Waals surface area contributed by atoms with Crippen LogP contribution in [0, 0.1) is 19.8 Å². The molecule has 1 aromatic rings. The van der Waals surface area contributed by atoms with E-state index in [4.69, 9.17) is 9.47 Å². The Bertz CT molecular complexity index is 526. The number of aromatic nitrogens is 1. The molecule has 0 aliphatic carbocycles. The highest BCUT2D eigenvalue weighted by Crippen LogP contribution is 2.26. The number of carbonyl (C=O) groups is 1. The van der Waals surface area contributed by atoms with Gasteiger partial charge < -0.3 is 14.4 Å². The minimum Gasteiger partial charge on any atom is -0.350 e. The Morgan fingerprint density at radius 1 is 1.29 bits per heavy atom. The lowest BCUT2D eigenvalue weighted by molar-refractivity contribution is -0.0969. The third kappa shape index (κ3) is 3.09. The smallest absolute Gasteiger partial charge is 0.255 e. The van der Waals surface area contributed by atoms with Gasteiger partial charge in [0.1, 0.15) is 0 Å². The molecule has 1 atom stereocenters. The largest absolute Gasteiger partial charge is 0.350 e. The predicted octanol–water partition coefficient (Wildman–Crippen LogP) is 1.92. The fraction of sp³-hybridized carbons (Fsp3) is 0.625. The summed E-state index contributed by atoms with van der Waals surface area (Å²) < 4.78 is 11.2. The lowest BCUT2D eigenvalue weighted by Gasteiger charge is -2.35. The first-order valence-electron chi connectivity index (χ1n) is 7.62. The van der Waals surface area contributed by atoms with E-state index in [1.807, 2.05) is 30.9 Å². The summed E-state index contributed by atoms with van der Waals surface area (Å²) in [6.07, 6.45) is 1.91. The van der Waals surface area contributed by atoms with Crippen LogP contribution in [0.4, 0.5) is 0 Å². The first-order valence-corrected chi connectivity index (χ1v) is 7.62. The first kappa shape index (κ1) is 14.5. The zero-order valence-corrected chi connectivity index (χ0v) is 12.7. The standard InChI is InChI=1S/C16H22N2O3/c1-11-5-6-14(12(2)17-11)15(19)18-7-3-4-13(10-18)16-20-8-9-21-16/h5-6,13,16H,3-4,7-10H2,1-2H3. The summed E-state index contributed by atoms with van der Waals surface area (Å²) in [5.41, 5.74) is 2.44. The molecule has 2 aliphatic heterocycles. The second-order valence-corrected chi connectivity index (χ2v) is 5.85. The second kappa shape index (κ2) is 6.12. The van der Waals surface area contributed by atoms with Gasteiger partial charge in [0.25, 0.3) is 5.91 Å². The average Bonchev–Trinajstić information content (AvgIpc) is 3.01. The number of rotatable bonds is 2. The monoisotopic (exact) mass is 290 g/mol. The fourth-order valence-corrected chi connectivity index (χ4v) is 3.15. The van der Waals surface area contributed by atoms with Crippen LogP contribution < -0.4 is 0 Å². The number of hydrogen-bond donors (Lipinski definition) is 0. The molecule has 0 bridgehead atoms. The molecule has 3 rings (SSSR count). The van der Waals surface area contributed by atoms with Crippen LogP contribution in [0.2, 0.25) is 0 Å². The van der Waals surface area contributed by atoms with Crippen molar-refractivity contribution in [1.82, 2.24) is 9.88 Å². The number of carbonyl (C=O) groups excluding carboxylic acids is 1. The summed E-state index contributed by atoms with van der Waals surface area (Å²) in [5.74, 6) is 0.353. The molecule has 0 spiro atoms. The maximum atomic E-state index is 12.7. The molecule has 0 saturated carbocycles. The summed E-state index contributed by atoms with van der Waals surface area (Å²) in [7, 11) is 0. The quantitative estimate of drug-likeness (QED) is 0.835. The predicted molar refractivity (Wildman–Crippen MR) is 78.0 cm³/mol. The van der Waals surface area contributed by atoms with Gasteiger partial charge in [-0.3, -0.25) is 9.78 Å². The number of aryl methyl sites for hydroxylation is 2. The van der Waals surface area contributed by atoms with E-state index in [1.54, 1.807) is 0 Å². The molecule has 2 aliphatic rings. The van der Waals surface area contributed by atoms with Gasteiger partial charge in [-0.25, -0.2) is 0 Å². The molecular weight excluding hydrogens is 268 g/mol. The van der Waals surface area contributed by atoms with Crippen LogP contribution in [-0.4, -0.2) is 48.4 Å². The van der Waals surface area contributed by atoms with Gasteiger partial charge in [0.2, 0.25) is 0 Å². The van der Waals surface area contributed by atoms with Crippen molar-refractivity contribution in [3.63, 3.8) is 0 Å². The molecule has 1 unspecified atom stereocenters. The molecule has 114 valence electrons. The lowest BCUT2D eigenvalue weighted by atomic mass is 9.96. The van der Waals surface area contributed by atoms with Gasteiger partial charge in [0.05, 0.1) is 24.5 Å². The molecule has 0 aromatic carbocycles. The lowest BCUT2D eigenvalue weighted by Crippen LogP contribution is -2.44. The van der Waals surface area contributed by atoms with E-state index in [0.717, 1.165) is 30.8 Å². The highest BCUT2D eigenvalue weighted by molar-refractivity contribution is 5.95. The van der Waals surface area contributed by atoms with Crippen molar-refractivity contribution in [2.24, 2.45) is 5.92 Å². The third-order valence-corrected chi connectivity index (χ3v) is 4.23. The van der Waals surface area contributed by atoms with E-state index < -0.39 is 0 Å². The first-order chi connectivity index (χ1) is 10.1. The van der Waals surface area contributed by atoms with Crippen LogP contribution in [0.1, 0.15) is 34.6 Å². The van der Waals surface area contributed by atoms with E-state index in [1.165, 1.54) is 0 Å². The maximum Gasteiger partial charge on any atom is 0.255 e. The van der Waals surface area contributed by atoms with Crippen LogP contribution in [0.25, 0.3) is 0 Å². The number of nitrogens with zero attached hydrogens (tertiary/aromatic N) is 2. The number of amides is 1. The summed E-state index contributed by atoms with van der Waals surface area (Å²) in [4.78, 5) is 19.0. The molecule has 21 heavy (non-hydrogen) atoms. The van der Waals surface area contributed by atoms with Gasteiger partial charge in [-0.2, -0.15) is 0 Å². The van der Waals surface area contributed by atoms with Gasteiger partial charge in [-0.05, 0) is 38.8 Å². The van der Waals surface area contributed by atoms with Crippen molar-refractivity contribution in [1.29, 1.82) is 0 Å². The Labute approximate surface area is 125 Å². The zero-order chi connectivity index (χ0) is 14.8. The van der Waals surface area contributed by atoms with Crippen LogP contribution in [0.5, 0.6) is 0 Å². The molecule has 2 fully saturated rings. The molecule has 5 nitrogen and oxygen atoms in total. The Balaban J connectivity index is 1.71. The van der Waals surface area contributed by atoms with E-state index in [9.17, 15) is 4.79 Å². The Hall–Kier alpha value is -1.46. The van der Waals surface area contributed by atoms with Crippen LogP contribution in [0.15, 0.2) is 12.1 Å². The molecular formula is C16H22N2O3. The molecule has 5 heteroatoms. The van der Waals surface area contributed by atoms with E-state index in [0.29, 0.717) is 25.3 Å². The van der Waals surface area contributed by atoms with E-state index in [-0.39, 0.29) is 18.1 Å². The minimum atomic E-state index is -0.141. The van der Waals surface area contributed by atoms with Crippen molar-refractivity contribution in [3.05, 3.63) is 29.1 Å². The molecule has 2 saturated heterocycles. The van der Waals surface area contributed by atoms with Crippen molar-refractivity contribution in [3.8, 4) is 0 Å².